The molecule has 3 aliphatic rings. The Morgan fingerprint density at radius 1 is 1.12 bits per heavy atom. The van der Waals surface area contributed by atoms with Crippen LogP contribution in [0.5, 0.6) is 0 Å². The Kier molecular flexibility index (Phi) is 3.96. The molecule has 1 saturated heterocycles. The van der Waals surface area contributed by atoms with Gasteiger partial charge in [-0.2, -0.15) is 10.2 Å². The van der Waals surface area contributed by atoms with Gasteiger partial charge >= 0.3 is 0 Å². The molecule has 26 heavy (non-hydrogen) atoms. The quantitative estimate of drug-likeness (QED) is 0.903. The van der Waals surface area contributed by atoms with E-state index >= 15 is 0 Å². The second-order valence-corrected chi connectivity index (χ2v) is 7.58. The number of hydrogen-bond acceptors (Lipinski definition) is 6. The van der Waals surface area contributed by atoms with Crippen LogP contribution in [0.25, 0.3) is 0 Å². The number of aromatic nitrogens is 4. The van der Waals surface area contributed by atoms with Crippen molar-refractivity contribution in [3.05, 3.63) is 45.5 Å². The van der Waals surface area contributed by atoms with Crippen molar-refractivity contribution in [3.8, 4) is 0 Å². The maximum absolute atomic E-state index is 12.6. The van der Waals surface area contributed by atoms with E-state index in [0.717, 1.165) is 48.5 Å². The van der Waals surface area contributed by atoms with Crippen LogP contribution in [0.2, 0.25) is 0 Å². The van der Waals surface area contributed by atoms with Crippen LogP contribution in [0.1, 0.15) is 54.6 Å². The summed E-state index contributed by atoms with van der Waals surface area (Å²) in [6.07, 6.45) is 6.63. The van der Waals surface area contributed by atoms with E-state index in [1.807, 2.05) is 12.1 Å². The second-order valence-electron chi connectivity index (χ2n) is 7.58. The van der Waals surface area contributed by atoms with Crippen molar-refractivity contribution >= 4 is 5.82 Å². The van der Waals surface area contributed by atoms with Crippen LogP contribution in [0, 0.1) is 0 Å². The molecule has 7 heteroatoms. The molecule has 0 spiro atoms. The Morgan fingerprint density at radius 3 is 2.81 bits per heavy atom. The standard InChI is InChI=1S/C19H23N5O2/c25-19-9-13-3-1-2-4-15(13)23-24(19)17-11-26-10-16(17)20-18-8-7-14(21-22-18)12-5-6-12/h7-9,12,16-17H,1-6,10-11H2,(H,20,22). The van der Waals surface area contributed by atoms with E-state index < -0.39 is 0 Å². The summed E-state index contributed by atoms with van der Waals surface area (Å²) in [5.74, 6) is 1.32. The molecule has 0 aromatic carbocycles. The van der Waals surface area contributed by atoms with Gasteiger partial charge in [0.25, 0.3) is 5.56 Å². The SMILES string of the molecule is O=c1cc2c(nn1C1COCC1Nc1ccc(C3CC3)nn1)CCCC2. The lowest BCUT2D eigenvalue weighted by atomic mass is 9.97. The summed E-state index contributed by atoms with van der Waals surface area (Å²) in [5.41, 5.74) is 3.21. The molecule has 3 heterocycles. The van der Waals surface area contributed by atoms with Crippen molar-refractivity contribution in [3.63, 3.8) is 0 Å². The van der Waals surface area contributed by atoms with E-state index in [0.29, 0.717) is 19.1 Å². The van der Waals surface area contributed by atoms with Crippen LogP contribution in [-0.4, -0.2) is 39.2 Å². The molecule has 1 N–H and O–H groups in total. The molecule has 2 unspecified atom stereocenters. The van der Waals surface area contributed by atoms with Crippen molar-refractivity contribution in [2.45, 2.75) is 56.5 Å². The van der Waals surface area contributed by atoms with Crippen LogP contribution in [0.3, 0.4) is 0 Å². The van der Waals surface area contributed by atoms with Crippen LogP contribution >= 0.6 is 0 Å². The molecule has 0 bridgehead atoms. The lowest BCUT2D eigenvalue weighted by Gasteiger charge is -2.23. The number of fused-ring (bicyclic) bond motifs is 1. The Balaban J connectivity index is 1.37. The van der Waals surface area contributed by atoms with Gasteiger partial charge in [0, 0.05) is 12.0 Å². The van der Waals surface area contributed by atoms with Crippen LogP contribution < -0.4 is 10.9 Å². The molecule has 5 rings (SSSR count). The normalized spacial score (nSPS) is 25.1. The lowest BCUT2D eigenvalue weighted by Crippen LogP contribution is -2.38. The Labute approximate surface area is 151 Å². The number of hydrogen-bond donors (Lipinski definition) is 1. The second kappa shape index (κ2) is 6.46. The fourth-order valence-corrected chi connectivity index (χ4v) is 3.94. The Morgan fingerprint density at radius 2 is 2.00 bits per heavy atom. The van der Waals surface area contributed by atoms with Gasteiger partial charge in [0.2, 0.25) is 0 Å². The molecule has 0 amide bonds. The fraction of sp³-hybridized carbons (Fsp3) is 0.579. The van der Waals surface area contributed by atoms with E-state index in [2.05, 4.69) is 20.6 Å². The summed E-state index contributed by atoms with van der Waals surface area (Å²) >= 11 is 0. The predicted octanol–water partition coefficient (Wildman–Crippen LogP) is 1.84. The molecule has 7 nitrogen and oxygen atoms in total. The monoisotopic (exact) mass is 353 g/mol. The summed E-state index contributed by atoms with van der Waals surface area (Å²) in [6.45, 7) is 1.01. The number of anilines is 1. The predicted molar refractivity (Wildman–Crippen MR) is 96.4 cm³/mol. The van der Waals surface area contributed by atoms with Gasteiger partial charge in [0.05, 0.1) is 30.6 Å². The van der Waals surface area contributed by atoms with Gasteiger partial charge in [-0.05, 0) is 56.2 Å². The average Bonchev–Trinajstić information content (AvgIpc) is 3.42. The molecule has 1 aliphatic heterocycles. The van der Waals surface area contributed by atoms with Gasteiger partial charge in [-0.3, -0.25) is 4.79 Å². The van der Waals surface area contributed by atoms with Crippen LogP contribution in [0.4, 0.5) is 5.82 Å². The molecule has 2 aromatic heterocycles. The fourth-order valence-electron chi connectivity index (χ4n) is 3.94. The minimum absolute atomic E-state index is 0.0388. The third-order valence-electron chi connectivity index (χ3n) is 5.61. The van der Waals surface area contributed by atoms with Crippen molar-refractivity contribution < 1.29 is 4.74 Å². The number of nitrogens with zero attached hydrogens (tertiary/aromatic N) is 4. The first kappa shape index (κ1) is 15.9. The summed E-state index contributed by atoms with van der Waals surface area (Å²) < 4.78 is 7.27. The summed E-state index contributed by atoms with van der Waals surface area (Å²) in [4.78, 5) is 12.6. The van der Waals surface area contributed by atoms with Crippen molar-refractivity contribution in [2.24, 2.45) is 0 Å². The van der Waals surface area contributed by atoms with E-state index in [1.54, 1.807) is 10.7 Å². The highest BCUT2D eigenvalue weighted by Crippen LogP contribution is 2.38. The molecular weight excluding hydrogens is 330 g/mol. The first-order chi connectivity index (χ1) is 12.8. The minimum atomic E-state index is -0.125. The van der Waals surface area contributed by atoms with E-state index in [9.17, 15) is 4.79 Å². The number of ether oxygens (including phenoxy) is 1. The molecule has 0 radical (unpaired) electrons. The Bertz CT molecular complexity index is 859. The van der Waals surface area contributed by atoms with Crippen LogP contribution in [0.15, 0.2) is 23.0 Å². The van der Waals surface area contributed by atoms with Gasteiger partial charge in [-0.15, -0.1) is 5.10 Å². The van der Waals surface area contributed by atoms with Gasteiger partial charge < -0.3 is 10.1 Å². The average molecular weight is 353 g/mol. The first-order valence-corrected chi connectivity index (χ1v) is 9.57. The molecular formula is C19H23N5O2. The zero-order valence-electron chi connectivity index (χ0n) is 14.7. The molecule has 2 atom stereocenters. The summed E-state index contributed by atoms with van der Waals surface area (Å²) in [5, 5.41) is 16.7. The topological polar surface area (TPSA) is 81.9 Å². The van der Waals surface area contributed by atoms with E-state index in [4.69, 9.17) is 4.74 Å². The van der Waals surface area contributed by atoms with Gasteiger partial charge in [-0.25, -0.2) is 4.68 Å². The number of nitrogens with one attached hydrogen (secondary N) is 1. The zero-order valence-corrected chi connectivity index (χ0v) is 14.7. The lowest BCUT2D eigenvalue weighted by molar-refractivity contribution is 0.182. The molecule has 2 fully saturated rings. The number of rotatable bonds is 4. The first-order valence-electron chi connectivity index (χ1n) is 9.57. The third-order valence-corrected chi connectivity index (χ3v) is 5.61. The maximum atomic E-state index is 12.6. The van der Waals surface area contributed by atoms with Crippen molar-refractivity contribution in [1.29, 1.82) is 0 Å². The highest BCUT2D eigenvalue weighted by Gasteiger charge is 2.32. The smallest absolute Gasteiger partial charge is 0.267 e. The van der Waals surface area contributed by atoms with Gasteiger partial charge in [0.15, 0.2) is 0 Å². The summed E-state index contributed by atoms with van der Waals surface area (Å²) in [6, 6.07) is 5.61. The minimum Gasteiger partial charge on any atom is -0.377 e. The highest BCUT2D eigenvalue weighted by atomic mass is 16.5. The van der Waals surface area contributed by atoms with E-state index in [1.165, 1.54) is 12.8 Å². The molecule has 2 aliphatic carbocycles. The zero-order chi connectivity index (χ0) is 17.5. The number of aryl methyl sites for hydroxylation is 2. The maximum Gasteiger partial charge on any atom is 0.267 e. The van der Waals surface area contributed by atoms with Crippen LogP contribution in [-0.2, 0) is 17.6 Å². The van der Waals surface area contributed by atoms with Gasteiger partial charge in [-0.1, -0.05) is 0 Å². The molecule has 2 aromatic rings. The van der Waals surface area contributed by atoms with E-state index in [-0.39, 0.29) is 17.6 Å². The summed E-state index contributed by atoms with van der Waals surface area (Å²) in [7, 11) is 0. The Hall–Kier alpha value is -2.28. The molecule has 1 saturated carbocycles. The van der Waals surface area contributed by atoms with Crippen molar-refractivity contribution in [2.75, 3.05) is 18.5 Å². The van der Waals surface area contributed by atoms with Crippen molar-refractivity contribution in [1.82, 2.24) is 20.0 Å². The van der Waals surface area contributed by atoms with Gasteiger partial charge in [0.1, 0.15) is 11.9 Å². The third kappa shape index (κ3) is 3.00. The highest BCUT2D eigenvalue weighted by molar-refractivity contribution is 5.36. The largest absolute Gasteiger partial charge is 0.377 e. The molecule has 136 valence electrons.